The Morgan fingerprint density at radius 3 is 2.50 bits per heavy atom. The van der Waals surface area contributed by atoms with Crippen LogP contribution in [0.25, 0.3) is 0 Å². The minimum atomic E-state index is -0.860. The summed E-state index contributed by atoms with van der Waals surface area (Å²) >= 11 is 0. The van der Waals surface area contributed by atoms with Crippen LogP contribution in [0.3, 0.4) is 0 Å². The fraction of sp³-hybridized carbons (Fsp3) is 0.188. The predicted octanol–water partition coefficient (Wildman–Crippen LogP) is 3.41. The Hall–Kier alpha value is -2.07. The lowest BCUT2D eigenvalue weighted by atomic mass is 10.1. The van der Waals surface area contributed by atoms with E-state index in [2.05, 4.69) is 0 Å². The van der Waals surface area contributed by atoms with Crippen LogP contribution in [-0.2, 0) is 11.2 Å². The monoisotopic (exact) mass is 276 g/mol. The highest BCUT2D eigenvalue weighted by Gasteiger charge is 2.12. The molecule has 2 aromatic carbocycles. The topological polar surface area (TPSA) is 26.3 Å². The minimum Gasteiger partial charge on any atom is -0.373 e. The van der Waals surface area contributed by atoms with E-state index in [0.29, 0.717) is 19.1 Å². The molecule has 0 heterocycles. The zero-order chi connectivity index (χ0) is 14.4. The number of ether oxygens (including phenoxy) is 1. The summed E-state index contributed by atoms with van der Waals surface area (Å²) in [6.07, 6.45) is 0.681. The average Bonchev–Trinajstić information content (AvgIpc) is 2.44. The molecule has 0 unspecified atom stereocenters. The number of hydrogen-bond donors (Lipinski definition) is 0. The fourth-order valence-electron chi connectivity index (χ4n) is 1.79. The van der Waals surface area contributed by atoms with Gasteiger partial charge in [0, 0.05) is 6.07 Å². The van der Waals surface area contributed by atoms with Crippen LogP contribution in [0.15, 0.2) is 48.5 Å². The Morgan fingerprint density at radius 1 is 1.05 bits per heavy atom. The number of carbonyl (C=O) groups is 1. The second-order valence-electron chi connectivity index (χ2n) is 4.34. The highest BCUT2D eigenvalue weighted by Crippen LogP contribution is 2.10. The number of halogens is 2. The van der Waals surface area contributed by atoms with Gasteiger partial charge in [0.25, 0.3) is 0 Å². The van der Waals surface area contributed by atoms with Gasteiger partial charge in [0.05, 0.1) is 12.2 Å². The van der Waals surface area contributed by atoms with Crippen molar-refractivity contribution in [3.05, 3.63) is 71.3 Å². The van der Waals surface area contributed by atoms with Gasteiger partial charge in [0.2, 0.25) is 0 Å². The van der Waals surface area contributed by atoms with Crippen LogP contribution in [0.1, 0.15) is 15.9 Å². The van der Waals surface area contributed by atoms with Gasteiger partial charge in [0.15, 0.2) is 5.78 Å². The largest absolute Gasteiger partial charge is 0.373 e. The van der Waals surface area contributed by atoms with Gasteiger partial charge in [-0.1, -0.05) is 30.3 Å². The van der Waals surface area contributed by atoms with E-state index in [0.717, 1.165) is 17.7 Å². The van der Waals surface area contributed by atoms with Crippen LogP contribution in [0.5, 0.6) is 0 Å². The molecule has 0 atom stereocenters. The summed E-state index contributed by atoms with van der Waals surface area (Å²) < 4.78 is 31.3. The van der Waals surface area contributed by atoms with E-state index in [-0.39, 0.29) is 12.2 Å². The van der Waals surface area contributed by atoms with Gasteiger partial charge < -0.3 is 4.74 Å². The molecule has 2 rings (SSSR count). The Labute approximate surface area is 116 Å². The lowest BCUT2D eigenvalue weighted by Crippen LogP contribution is -2.12. The van der Waals surface area contributed by atoms with E-state index < -0.39 is 17.4 Å². The molecule has 4 heteroatoms. The SMILES string of the molecule is O=C(COCCc1ccccc1)c1ccc(F)cc1F. The van der Waals surface area contributed by atoms with Gasteiger partial charge in [-0.2, -0.15) is 0 Å². The minimum absolute atomic E-state index is 0.147. The molecule has 0 radical (unpaired) electrons. The molecule has 20 heavy (non-hydrogen) atoms. The average molecular weight is 276 g/mol. The number of rotatable bonds is 6. The molecule has 0 amide bonds. The van der Waals surface area contributed by atoms with Gasteiger partial charge in [0.1, 0.15) is 18.2 Å². The number of hydrogen-bond acceptors (Lipinski definition) is 2. The summed E-state index contributed by atoms with van der Waals surface area (Å²) in [5, 5.41) is 0. The van der Waals surface area contributed by atoms with Crippen LogP contribution in [-0.4, -0.2) is 19.0 Å². The molecule has 0 fully saturated rings. The van der Waals surface area contributed by atoms with E-state index >= 15 is 0 Å². The van der Waals surface area contributed by atoms with Crippen molar-refractivity contribution in [3.8, 4) is 0 Å². The zero-order valence-electron chi connectivity index (χ0n) is 10.8. The first-order chi connectivity index (χ1) is 9.66. The molecular formula is C16H14F2O2. The van der Waals surface area contributed by atoms with E-state index in [9.17, 15) is 13.6 Å². The smallest absolute Gasteiger partial charge is 0.191 e. The number of benzene rings is 2. The zero-order valence-corrected chi connectivity index (χ0v) is 10.8. The van der Waals surface area contributed by atoms with Crippen molar-refractivity contribution in [2.45, 2.75) is 6.42 Å². The lowest BCUT2D eigenvalue weighted by molar-refractivity contribution is 0.0761. The first-order valence-electron chi connectivity index (χ1n) is 6.27. The molecule has 0 saturated carbocycles. The number of Topliss-reactive ketones (excluding diaryl/α,β-unsaturated/α-hetero) is 1. The number of ketones is 1. The van der Waals surface area contributed by atoms with Crippen LogP contribution < -0.4 is 0 Å². The Bertz CT molecular complexity index is 582. The maximum absolute atomic E-state index is 13.4. The molecule has 0 aromatic heterocycles. The molecular weight excluding hydrogens is 262 g/mol. The normalized spacial score (nSPS) is 10.5. The maximum atomic E-state index is 13.4. The summed E-state index contributed by atoms with van der Waals surface area (Å²) in [7, 11) is 0. The van der Waals surface area contributed by atoms with Crippen molar-refractivity contribution in [2.24, 2.45) is 0 Å². The maximum Gasteiger partial charge on any atom is 0.191 e. The Balaban J connectivity index is 1.80. The van der Waals surface area contributed by atoms with Gasteiger partial charge in [-0.25, -0.2) is 8.78 Å². The second kappa shape index (κ2) is 6.91. The van der Waals surface area contributed by atoms with Crippen molar-refractivity contribution in [1.82, 2.24) is 0 Å². The molecule has 0 aliphatic rings. The molecule has 0 saturated heterocycles. The van der Waals surface area contributed by atoms with Crippen LogP contribution >= 0.6 is 0 Å². The molecule has 0 aliphatic carbocycles. The molecule has 0 spiro atoms. The van der Waals surface area contributed by atoms with Crippen molar-refractivity contribution in [3.63, 3.8) is 0 Å². The first-order valence-corrected chi connectivity index (χ1v) is 6.27. The van der Waals surface area contributed by atoms with Gasteiger partial charge >= 0.3 is 0 Å². The summed E-state index contributed by atoms with van der Waals surface area (Å²) in [5.74, 6) is -2.05. The molecule has 0 aliphatic heterocycles. The third-order valence-corrected chi connectivity index (χ3v) is 2.84. The van der Waals surface area contributed by atoms with E-state index in [1.54, 1.807) is 0 Å². The summed E-state index contributed by atoms with van der Waals surface area (Å²) in [5.41, 5.74) is 0.957. The van der Waals surface area contributed by atoms with Crippen molar-refractivity contribution in [2.75, 3.05) is 13.2 Å². The Kier molecular flexibility index (Phi) is 4.96. The molecule has 104 valence electrons. The predicted molar refractivity (Wildman–Crippen MR) is 71.7 cm³/mol. The summed E-state index contributed by atoms with van der Waals surface area (Å²) in [6, 6.07) is 12.6. The molecule has 0 bridgehead atoms. The van der Waals surface area contributed by atoms with Gasteiger partial charge in [-0.15, -0.1) is 0 Å². The summed E-state index contributed by atoms with van der Waals surface area (Å²) in [6.45, 7) is 0.161. The van der Waals surface area contributed by atoms with Crippen LogP contribution in [0, 0.1) is 11.6 Å². The third kappa shape index (κ3) is 3.96. The molecule has 0 N–H and O–H groups in total. The highest BCUT2D eigenvalue weighted by molar-refractivity contribution is 5.97. The van der Waals surface area contributed by atoms with Crippen molar-refractivity contribution < 1.29 is 18.3 Å². The van der Waals surface area contributed by atoms with E-state index in [1.165, 1.54) is 0 Å². The van der Waals surface area contributed by atoms with Gasteiger partial charge in [-0.3, -0.25) is 4.79 Å². The van der Waals surface area contributed by atoms with Crippen LogP contribution in [0.4, 0.5) is 8.78 Å². The fourth-order valence-corrected chi connectivity index (χ4v) is 1.79. The summed E-state index contributed by atoms with van der Waals surface area (Å²) in [4.78, 5) is 11.7. The first kappa shape index (κ1) is 14.3. The second-order valence-corrected chi connectivity index (χ2v) is 4.34. The van der Waals surface area contributed by atoms with Crippen molar-refractivity contribution in [1.29, 1.82) is 0 Å². The van der Waals surface area contributed by atoms with E-state index in [4.69, 9.17) is 4.74 Å². The molecule has 2 aromatic rings. The third-order valence-electron chi connectivity index (χ3n) is 2.84. The van der Waals surface area contributed by atoms with Crippen LogP contribution in [0.2, 0.25) is 0 Å². The highest BCUT2D eigenvalue weighted by atomic mass is 19.1. The van der Waals surface area contributed by atoms with Crippen molar-refractivity contribution >= 4 is 5.78 Å². The van der Waals surface area contributed by atoms with E-state index in [1.807, 2.05) is 30.3 Å². The standard InChI is InChI=1S/C16H14F2O2/c17-13-6-7-14(15(18)10-13)16(19)11-20-9-8-12-4-2-1-3-5-12/h1-7,10H,8-9,11H2. The Morgan fingerprint density at radius 2 is 1.80 bits per heavy atom. The lowest BCUT2D eigenvalue weighted by Gasteiger charge is -2.05. The number of carbonyl (C=O) groups excluding carboxylic acids is 1. The molecule has 2 nitrogen and oxygen atoms in total. The quantitative estimate of drug-likeness (QED) is 0.597. The van der Waals surface area contributed by atoms with Gasteiger partial charge in [-0.05, 0) is 24.1 Å².